The monoisotopic (exact) mass is 504 g/mol. The number of alkyl halides is 3. The summed E-state index contributed by atoms with van der Waals surface area (Å²) >= 11 is 0. The van der Waals surface area contributed by atoms with Gasteiger partial charge in [-0.2, -0.15) is 13.2 Å². The molecule has 0 bridgehead atoms. The van der Waals surface area contributed by atoms with Crippen molar-refractivity contribution in [2.75, 3.05) is 11.3 Å². The van der Waals surface area contributed by atoms with Gasteiger partial charge in [0.05, 0.1) is 35.2 Å². The maximum Gasteiger partial charge on any atom is 0.389 e. The van der Waals surface area contributed by atoms with Gasteiger partial charge >= 0.3 is 6.18 Å². The van der Waals surface area contributed by atoms with Crippen molar-refractivity contribution in [3.63, 3.8) is 0 Å². The highest BCUT2D eigenvalue weighted by molar-refractivity contribution is 7.92. The summed E-state index contributed by atoms with van der Waals surface area (Å²) in [7, 11) is -4.02. The van der Waals surface area contributed by atoms with Crippen molar-refractivity contribution >= 4 is 15.7 Å². The molecule has 1 fully saturated rings. The molecule has 4 rings (SSSR count). The Bertz CT molecular complexity index is 1300. The number of para-hydroxylation sites is 1. The highest BCUT2D eigenvalue weighted by Gasteiger charge is 2.68. The van der Waals surface area contributed by atoms with E-state index in [1.54, 1.807) is 60.7 Å². The molecule has 3 atom stereocenters. The van der Waals surface area contributed by atoms with Crippen molar-refractivity contribution in [3.05, 3.63) is 95.6 Å². The number of sulfonamides is 1. The van der Waals surface area contributed by atoms with E-state index in [1.165, 1.54) is 25.1 Å². The Labute approximate surface area is 203 Å². The molecule has 186 valence electrons. The van der Waals surface area contributed by atoms with Crippen molar-refractivity contribution < 1.29 is 26.7 Å². The second kappa shape index (κ2) is 8.96. The predicted octanol–water partition coefficient (Wildman–Crippen LogP) is 5.29. The van der Waals surface area contributed by atoms with Crippen LogP contribution in [0.5, 0.6) is 0 Å². The Balaban J connectivity index is 1.84. The summed E-state index contributed by atoms with van der Waals surface area (Å²) in [4.78, 5) is 0.0375. The zero-order chi connectivity index (χ0) is 25.5. The summed E-state index contributed by atoms with van der Waals surface area (Å²) in [6, 6.07) is 21.1. The third kappa shape index (κ3) is 4.80. The van der Waals surface area contributed by atoms with E-state index in [1.807, 2.05) is 6.92 Å². The lowest BCUT2D eigenvalue weighted by Crippen LogP contribution is -2.43. The quantitative estimate of drug-likeness (QED) is 0.364. The lowest BCUT2D eigenvalue weighted by atomic mass is 9.67. The first-order valence-electron chi connectivity index (χ1n) is 11.1. The summed E-state index contributed by atoms with van der Waals surface area (Å²) in [6.07, 6.45) is -5.81. The molecule has 1 aliphatic rings. The van der Waals surface area contributed by atoms with Crippen molar-refractivity contribution in [3.8, 4) is 0 Å². The van der Waals surface area contributed by atoms with Crippen LogP contribution in [0.15, 0.2) is 83.8 Å². The maximum absolute atomic E-state index is 13.7. The van der Waals surface area contributed by atoms with E-state index in [0.29, 0.717) is 5.56 Å². The lowest BCUT2D eigenvalue weighted by Gasteiger charge is -2.38. The van der Waals surface area contributed by atoms with E-state index in [9.17, 15) is 26.7 Å². The molecule has 35 heavy (non-hydrogen) atoms. The first kappa shape index (κ1) is 25.2. The normalized spacial score (nSPS) is 21.8. The van der Waals surface area contributed by atoms with Crippen LogP contribution in [-0.4, -0.2) is 26.3 Å². The third-order valence-corrected chi connectivity index (χ3v) is 8.06. The number of hydrogen-bond donors (Lipinski definition) is 3. The van der Waals surface area contributed by atoms with Crippen LogP contribution in [0.2, 0.25) is 0 Å². The molecule has 1 aliphatic heterocycles. The van der Waals surface area contributed by atoms with Crippen LogP contribution in [0.3, 0.4) is 0 Å². The average Bonchev–Trinajstić information content (AvgIpc) is 3.56. The van der Waals surface area contributed by atoms with Crippen LogP contribution in [0.25, 0.3) is 0 Å². The fourth-order valence-corrected chi connectivity index (χ4v) is 5.93. The van der Waals surface area contributed by atoms with Crippen molar-refractivity contribution in [1.29, 1.82) is 0 Å². The molecule has 1 heterocycles. The van der Waals surface area contributed by atoms with Gasteiger partial charge in [-0.15, -0.1) is 0 Å². The first-order valence-corrected chi connectivity index (χ1v) is 12.6. The molecule has 0 aromatic heterocycles. The zero-order valence-corrected chi connectivity index (χ0v) is 20.1. The number of benzene rings is 3. The molecular weight excluding hydrogens is 477 g/mol. The number of nitrogens with one attached hydrogen (secondary N) is 2. The Morgan fingerprint density at radius 1 is 0.971 bits per heavy atom. The number of halogens is 3. The fourth-order valence-electron chi connectivity index (χ4n) is 4.85. The molecular formula is C26H27F3N2O3S. The van der Waals surface area contributed by atoms with E-state index in [4.69, 9.17) is 0 Å². The van der Waals surface area contributed by atoms with Gasteiger partial charge in [0.15, 0.2) is 0 Å². The van der Waals surface area contributed by atoms with Crippen LogP contribution in [0.4, 0.5) is 18.9 Å². The number of aryl methyl sites for hydroxylation is 1. The molecule has 0 saturated carbocycles. The fraction of sp³-hybridized carbons (Fsp3) is 0.308. The second-order valence-electron chi connectivity index (χ2n) is 9.27. The van der Waals surface area contributed by atoms with Gasteiger partial charge in [0.1, 0.15) is 0 Å². The van der Waals surface area contributed by atoms with Crippen molar-refractivity contribution in [2.24, 2.45) is 5.41 Å². The minimum atomic E-state index is -4.55. The predicted molar refractivity (Wildman–Crippen MR) is 128 cm³/mol. The van der Waals surface area contributed by atoms with Crippen LogP contribution < -0.4 is 10.0 Å². The van der Waals surface area contributed by atoms with Crippen LogP contribution in [0.1, 0.15) is 36.1 Å². The number of anilines is 1. The van der Waals surface area contributed by atoms with Crippen molar-refractivity contribution in [2.45, 2.75) is 42.9 Å². The summed E-state index contributed by atoms with van der Waals surface area (Å²) < 4.78 is 70.0. The van der Waals surface area contributed by atoms with E-state index in [2.05, 4.69) is 10.0 Å². The van der Waals surface area contributed by atoms with E-state index in [0.717, 1.165) is 11.1 Å². The molecule has 5 nitrogen and oxygen atoms in total. The molecule has 0 unspecified atom stereocenters. The number of aliphatic hydroxyl groups excluding tert-OH is 1. The number of aliphatic hydroxyl groups is 1. The average molecular weight is 505 g/mol. The molecule has 1 saturated heterocycles. The van der Waals surface area contributed by atoms with E-state index in [-0.39, 0.29) is 10.6 Å². The van der Waals surface area contributed by atoms with E-state index >= 15 is 0 Å². The number of rotatable bonds is 8. The Hall–Kier alpha value is -2.88. The smallest absolute Gasteiger partial charge is 0.389 e. The van der Waals surface area contributed by atoms with Gasteiger partial charge in [0.2, 0.25) is 0 Å². The molecule has 0 spiro atoms. The van der Waals surface area contributed by atoms with Gasteiger partial charge in [-0.3, -0.25) is 10.0 Å². The summed E-state index contributed by atoms with van der Waals surface area (Å²) in [5.74, 6) is 0. The van der Waals surface area contributed by atoms with Gasteiger partial charge in [0.25, 0.3) is 10.0 Å². The van der Waals surface area contributed by atoms with Gasteiger partial charge < -0.3 is 5.11 Å². The Kier molecular flexibility index (Phi) is 6.46. The van der Waals surface area contributed by atoms with E-state index < -0.39 is 46.2 Å². The minimum Gasteiger partial charge on any atom is -0.396 e. The van der Waals surface area contributed by atoms with Gasteiger partial charge in [-0.25, -0.2) is 8.42 Å². The molecule has 0 amide bonds. The van der Waals surface area contributed by atoms with Crippen molar-refractivity contribution in [1.82, 2.24) is 5.32 Å². The number of hydrogen-bond acceptors (Lipinski definition) is 4. The van der Waals surface area contributed by atoms with Gasteiger partial charge in [0, 0.05) is 5.41 Å². The lowest BCUT2D eigenvalue weighted by molar-refractivity contribution is -0.167. The summed E-state index contributed by atoms with van der Waals surface area (Å²) in [5.41, 5.74) is -0.930. The molecule has 0 radical (unpaired) electrons. The third-order valence-electron chi connectivity index (χ3n) is 6.67. The minimum absolute atomic E-state index is 0.0375. The second-order valence-corrected chi connectivity index (χ2v) is 11.0. The first-order chi connectivity index (χ1) is 16.4. The largest absolute Gasteiger partial charge is 0.396 e. The van der Waals surface area contributed by atoms with Crippen LogP contribution >= 0.6 is 0 Å². The van der Waals surface area contributed by atoms with Gasteiger partial charge in [-0.05, 0) is 36.2 Å². The topological polar surface area (TPSA) is 88.3 Å². The molecule has 3 aromatic carbocycles. The molecule has 0 aliphatic carbocycles. The summed E-state index contributed by atoms with van der Waals surface area (Å²) in [5, 5.41) is 13.5. The molecule has 3 aromatic rings. The SMILES string of the molecule is Cc1ccc(S(=O)(=O)Nc2ccccc2[C@@]2([C@](C)(CO)CC(F)(F)F)N[C@@H]2c2ccccc2)cc1. The Morgan fingerprint density at radius 2 is 1.57 bits per heavy atom. The zero-order valence-electron chi connectivity index (χ0n) is 19.3. The summed E-state index contributed by atoms with van der Waals surface area (Å²) in [6.45, 7) is 2.45. The van der Waals surface area contributed by atoms with Crippen LogP contribution in [0, 0.1) is 12.3 Å². The highest BCUT2D eigenvalue weighted by Crippen LogP contribution is 2.63. The van der Waals surface area contributed by atoms with Crippen LogP contribution in [-0.2, 0) is 15.6 Å². The van der Waals surface area contributed by atoms with Gasteiger partial charge in [-0.1, -0.05) is 73.2 Å². The highest BCUT2D eigenvalue weighted by atomic mass is 32.2. The molecule has 9 heteroatoms. The Morgan fingerprint density at radius 3 is 2.17 bits per heavy atom. The maximum atomic E-state index is 13.7. The molecule has 3 N–H and O–H groups in total. The standard InChI is InChI=1S/C26H27F3N2O3S/c1-18-12-14-20(15-13-18)35(33,34)31-22-11-7-6-10-21(22)26(24(2,17-32)16-25(27,28)29)23(30-26)19-8-4-3-5-9-19/h3-15,23,30-32H,16-17H2,1-2H3/t23-,24+,26-/m1/s1.